The van der Waals surface area contributed by atoms with E-state index in [9.17, 15) is 0 Å². The van der Waals surface area contributed by atoms with Crippen LogP contribution in [0.25, 0.3) is 0 Å². The Bertz CT molecular complexity index is 371. The van der Waals surface area contributed by atoms with E-state index in [1.807, 2.05) is 0 Å². The van der Waals surface area contributed by atoms with Gasteiger partial charge in [0.05, 0.1) is 6.26 Å². The van der Waals surface area contributed by atoms with E-state index < -0.39 is 18.3 Å². The van der Waals surface area contributed by atoms with Crippen LogP contribution in [0.3, 0.4) is 0 Å². The first-order valence-corrected chi connectivity index (χ1v) is 4.18. The first-order chi connectivity index (χ1) is 6.86. The lowest BCUT2D eigenvalue weighted by Crippen LogP contribution is -2.33. The van der Waals surface area contributed by atoms with Gasteiger partial charge in [0, 0.05) is 22.1 Å². The van der Waals surface area contributed by atoms with Gasteiger partial charge in [0.1, 0.15) is 5.76 Å². The number of furan rings is 1. The predicted molar refractivity (Wildman–Crippen MR) is 47.7 cm³/mol. The number of fused-ring (bicyclic) bond motifs is 1. The van der Waals surface area contributed by atoms with Crippen LogP contribution in [0.1, 0.15) is 41.7 Å². The lowest BCUT2D eigenvalue weighted by Gasteiger charge is -2.35. The first kappa shape index (κ1) is 5.07. The Balaban J connectivity index is 2.42. The molecular formula is C10H15NO. The standard InChI is InChI=1S/C10H15NO/c1-10(2)5-3-8-7(9(10)11)4-6-12-8/h4,6,9H,3,5,11H2,1-2H3/i1D3. The van der Waals surface area contributed by atoms with Gasteiger partial charge in [-0.3, -0.25) is 0 Å². The second kappa shape index (κ2) is 2.36. The summed E-state index contributed by atoms with van der Waals surface area (Å²) in [4.78, 5) is 0. The van der Waals surface area contributed by atoms with Crippen LogP contribution in [-0.2, 0) is 6.42 Å². The highest BCUT2D eigenvalue weighted by atomic mass is 16.3. The monoisotopic (exact) mass is 168 g/mol. The van der Waals surface area contributed by atoms with Crippen LogP contribution >= 0.6 is 0 Å². The molecule has 0 saturated heterocycles. The summed E-state index contributed by atoms with van der Waals surface area (Å²) in [5, 5.41) is 0. The molecule has 1 aliphatic carbocycles. The van der Waals surface area contributed by atoms with Crippen molar-refractivity contribution in [2.75, 3.05) is 0 Å². The van der Waals surface area contributed by atoms with Gasteiger partial charge in [-0.25, -0.2) is 0 Å². The van der Waals surface area contributed by atoms with Crippen molar-refractivity contribution in [1.82, 2.24) is 0 Å². The van der Waals surface area contributed by atoms with E-state index in [0.29, 0.717) is 12.8 Å². The molecule has 0 saturated carbocycles. The fraction of sp³-hybridized carbons (Fsp3) is 0.600. The third-order valence-electron chi connectivity index (χ3n) is 2.67. The molecule has 2 nitrogen and oxygen atoms in total. The zero-order valence-electron chi connectivity index (χ0n) is 10.1. The van der Waals surface area contributed by atoms with E-state index in [1.165, 1.54) is 0 Å². The fourth-order valence-electron chi connectivity index (χ4n) is 1.70. The maximum absolute atomic E-state index is 7.57. The van der Waals surface area contributed by atoms with Crippen molar-refractivity contribution in [2.45, 2.75) is 32.7 Å². The first-order valence-electron chi connectivity index (χ1n) is 5.68. The number of nitrogens with two attached hydrogens (primary N) is 1. The fourth-order valence-corrected chi connectivity index (χ4v) is 1.70. The third kappa shape index (κ3) is 0.985. The highest BCUT2D eigenvalue weighted by molar-refractivity contribution is 5.26. The predicted octanol–water partition coefficient (Wildman–Crippen LogP) is 2.25. The highest BCUT2D eigenvalue weighted by Crippen LogP contribution is 2.41. The Labute approximate surface area is 77.0 Å². The molecule has 2 heteroatoms. The van der Waals surface area contributed by atoms with E-state index in [2.05, 4.69) is 0 Å². The molecule has 0 amide bonds. The van der Waals surface area contributed by atoms with Gasteiger partial charge in [0.15, 0.2) is 0 Å². The normalized spacial score (nSPS) is 39.5. The molecular weight excluding hydrogens is 150 g/mol. The molecule has 1 heterocycles. The molecule has 0 bridgehead atoms. The molecule has 1 aromatic rings. The molecule has 0 fully saturated rings. The number of hydrogen-bond donors (Lipinski definition) is 1. The maximum Gasteiger partial charge on any atom is 0.108 e. The molecule has 2 rings (SSSR count). The Morgan fingerprint density at radius 2 is 2.67 bits per heavy atom. The minimum Gasteiger partial charge on any atom is -0.469 e. The molecule has 1 aromatic heterocycles. The van der Waals surface area contributed by atoms with Gasteiger partial charge in [0.25, 0.3) is 0 Å². The minimum atomic E-state index is -2.03. The van der Waals surface area contributed by atoms with Gasteiger partial charge in [0.2, 0.25) is 0 Å². The zero-order chi connectivity index (χ0) is 11.3. The smallest absolute Gasteiger partial charge is 0.108 e. The van der Waals surface area contributed by atoms with Gasteiger partial charge in [-0.2, -0.15) is 0 Å². The molecule has 2 atom stereocenters. The third-order valence-corrected chi connectivity index (χ3v) is 2.67. The average Bonchev–Trinajstić information content (AvgIpc) is 2.58. The van der Waals surface area contributed by atoms with Crippen LogP contribution in [0, 0.1) is 5.41 Å². The zero-order valence-corrected chi connectivity index (χ0v) is 7.13. The van der Waals surface area contributed by atoms with Crippen molar-refractivity contribution >= 4 is 0 Å². The van der Waals surface area contributed by atoms with Crippen molar-refractivity contribution in [1.29, 1.82) is 0 Å². The number of rotatable bonds is 0. The van der Waals surface area contributed by atoms with Crippen molar-refractivity contribution in [3.8, 4) is 0 Å². The molecule has 0 radical (unpaired) electrons. The van der Waals surface area contributed by atoms with Crippen LogP contribution in [0.15, 0.2) is 16.7 Å². The summed E-state index contributed by atoms with van der Waals surface area (Å²) in [6, 6.07) is 1.32. The molecule has 2 N–H and O–H groups in total. The largest absolute Gasteiger partial charge is 0.469 e. The van der Waals surface area contributed by atoms with Crippen LogP contribution in [0.4, 0.5) is 0 Å². The van der Waals surface area contributed by atoms with Crippen molar-refractivity contribution in [2.24, 2.45) is 11.1 Å². The SMILES string of the molecule is [2H]C([2H])([2H])C1(C)CCc2occc2C1N. The van der Waals surface area contributed by atoms with E-state index in [-0.39, 0.29) is 0 Å². The Morgan fingerprint density at radius 3 is 3.42 bits per heavy atom. The van der Waals surface area contributed by atoms with E-state index >= 15 is 0 Å². The molecule has 0 aliphatic heterocycles. The van der Waals surface area contributed by atoms with E-state index in [4.69, 9.17) is 14.3 Å². The van der Waals surface area contributed by atoms with Gasteiger partial charge >= 0.3 is 0 Å². The summed E-state index contributed by atoms with van der Waals surface area (Å²) >= 11 is 0. The lowest BCUT2D eigenvalue weighted by atomic mass is 9.73. The summed E-state index contributed by atoms with van der Waals surface area (Å²) in [5.41, 5.74) is 6.04. The summed E-state index contributed by atoms with van der Waals surface area (Å²) < 4.78 is 28.0. The molecule has 0 spiro atoms. The Morgan fingerprint density at radius 1 is 1.83 bits per heavy atom. The van der Waals surface area contributed by atoms with E-state index in [0.717, 1.165) is 11.3 Å². The highest BCUT2D eigenvalue weighted by Gasteiger charge is 2.34. The average molecular weight is 168 g/mol. The molecule has 0 aromatic carbocycles. The second-order valence-corrected chi connectivity index (χ2v) is 3.69. The van der Waals surface area contributed by atoms with Crippen LogP contribution < -0.4 is 5.73 Å². The number of aryl methyl sites for hydroxylation is 1. The molecule has 2 unspecified atom stereocenters. The Hall–Kier alpha value is -0.760. The van der Waals surface area contributed by atoms with Crippen molar-refractivity contribution in [3.63, 3.8) is 0 Å². The van der Waals surface area contributed by atoms with Crippen LogP contribution in [0.2, 0.25) is 0 Å². The maximum atomic E-state index is 7.57. The van der Waals surface area contributed by atoms with Crippen LogP contribution in [0.5, 0.6) is 0 Å². The summed E-state index contributed by atoms with van der Waals surface area (Å²) in [7, 11) is 0. The number of hydrogen-bond acceptors (Lipinski definition) is 2. The summed E-state index contributed by atoms with van der Waals surface area (Å²) in [6.45, 7) is -0.290. The molecule has 66 valence electrons. The van der Waals surface area contributed by atoms with E-state index in [1.54, 1.807) is 19.3 Å². The summed E-state index contributed by atoms with van der Waals surface area (Å²) in [5.74, 6) is 0.837. The van der Waals surface area contributed by atoms with Gasteiger partial charge in [-0.15, -0.1) is 0 Å². The van der Waals surface area contributed by atoms with Gasteiger partial charge in [-0.1, -0.05) is 13.8 Å². The quantitative estimate of drug-likeness (QED) is 0.645. The van der Waals surface area contributed by atoms with Crippen molar-refractivity contribution in [3.05, 3.63) is 23.7 Å². The van der Waals surface area contributed by atoms with Crippen molar-refractivity contribution < 1.29 is 8.53 Å². The molecule has 1 aliphatic rings. The molecule has 12 heavy (non-hydrogen) atoms. The van der Waals surface area contributed by atoms with Gasteiger partial charge < -0.3 is 10.2 Å². The minimum absolute atomic E-state index is 0.465. The second-order valence-electron chi connectivity index (χ2n) is 3.69. The lowest BCUT2D eigenvalue weighted by molar-refractivity contribution is 0.236. The Kier molecular flexibility index (Phi) is 0.999. The summed E-state index contributed by atoms with van der Waals surface area (Å²) in [6.07, 6.45) is 2.78. The topological polar surface area (TPSA) is 39.2 Å². The van der Waals surface area contributed by atoms with Gasteiger partial charge in [-0.05, 0) is 17.9 Å². The van der Waals surface area contributed by atoms with Crippen LogP contribution in [-0.4, -0.2) is 0 Å².